The molecule has 10 heteroatoms. The average molecular weight is 650 g/mol. The summed E-state index contributed by atoms with van der Waals surface area (Å²) in [6.45, 7) is 4.66. The van der Waals surface area contributed by atoms with Crippen molar-refractivity contribution in [1.82, 2.24) is 15.1 Å². The Labute approximate surface area is 279 Å². The van der Waals surface area contributed by atoms with Crippen LogP contribution >= 0.6 is 0 Å². The fourth-order valence-electron chi connectivity index (χ4n) is 6.07. The van der Waals surface area contributed by atoms with Crippen molar-refractivity contribution in [2.24, 2.45) is 11.5 Å². The van der Waals surface area contributed by atoms with Crippen LogP contribution in [-0.2, 0) is 24.0 Å². The van der Waals surface area contributed by atoms with E-state index in [1.165, 1.54) is 77.0 Å². The molecule has 0 aromatic carbocycles. The first kappa shape index (κ1) is 41.4. The highest BCUT2D eigenvalue weighted by molar-refractivity contribution is 5.77. The van der Waals surface area contributed by atoms with Crippen molar-refractivity contribution in [1.29, 1.82) is 0 Å². The third-order valence-corrected chi connectivity index (χ3v) is 8.95. The molecule has 0 atom stereocenters. The van der Waals surface area contributed by atoms with Crippen LogP contribution in [0.3, 0.4) is 0 Å². The molecule has 0 aliphatic carbocycles. The van der Waals surface area contributed by atoms with Crippen molar-refractivity contribution in [3.63, 3.8) is 0 Å². The summed E-state index contributed by atoms with van der Waals surface area (Å²) in [5, 5.41) is 2.81. The van der Waals surface area contributed by atoms with E-state index in [-0.39, 0.29) is 23.6 Å². The molecule has 3 saturated heterocycles. The van der Waals surface area contributed by atoms with Crippen molar-refractivity contribution in [2.45, 2.75) is 167 Å². The number of carbonyl (C=O) groups is 5. The molecular formula is C36H67N5O5. The summed E-state index contributed by atoms with van der Waals surface area (Å²) in [6.07, 6.45) is 26.7. The lowest BCUT2D eigenvalue weighted by Crippen LogP contribution is -2.31. The Bertz CT molecular complexity index is 827. The molecule has 0 aromatic rings. The number of likely N-dealkylation sites (tertiary alicyclic amines) is 2. The molecule has 0 unspecified atom stereocenters. The van der Waals surface area contributed by atoms with Crippen molar-refractivity contribution >= 4 is 29.5 Å². The fourth-order valence-corrected chi connectivity index (χ4v) is 6.07. The average Bonchev–Trinajstić information content (AvgIpc) is 3.57. The largest absolute Gasteiger partial charge is 0.370 e. The van der Waals surface area contributed by atoms with Gasteiger partial charge in [-0.15, -0.1) is 0 Å². The monoisotopic (exact) mass is 650 g/mol. The zero-order valence-electron chi connectivity index (χ0n) is 29.0. The minimum atomic E-state index is -0.276. The van der Waals surface area contributed by atoms with Gasteiger partial charge in [-0.05, 0) is 64.2 Å². The molecule has 3 fully saturated rings. The van der Waals surface area contributed by atoms with Gasteiger partial charge in [0, 0.05) is 64.8 Å². The van der Waals surface area contributed by atoms with Crippen molar-refractivity contribution < 1.29 is 24.0 Å². The standard InChI is InChI=1S/C18H34N2O2.C12H22N2O2.C6H11NO/c19-17(21)13-9-5-3-1-2-4-6-10-14-18(22)20-15-11-7-8-12-16-20;13-11(15)7-3-4-8-12(16)14-9-5-1-2-6-10-14;8-6-4-2-1-3-5-7-6/h1-16H2,(H2,19,21);1-10H2,(H2,13,15);1-5H2,(H,7,8). The minimum Gasteiger partial charge on any atom is -0.370 e. The molecule has 5 amide bonds. The van der Waals surface area contributed by atoms with E-state index >= 15 is 0 Å². The van der Waals surface area contributed by atoms with E-state index < -0.39 is 0 Å². The molecule has 46 heavy (non-hydrogen) atoms. The molecule has 0 aromatic heterocycles. The van der Waals surface area contributed by atoms with Gasteiger partial charge in [0.25, 0.3) is 0 Å². The lowest BCUT2D eigenvalue weighted by atomic mass is 10.1. The molecule has 0 saturated carbocycles. The van der Waals surface area contributed by atoms with E-state index in [0.717, 1.165) is 103 Å². The van der Waals surface area contributed by atoms with Crippen molar-refractivity contribution in [2.75, 3.05) is 32.7 Å². The third-order valence-electron chi connectivity index (χ3n) is 8.95. The summed E-state index contributed by atoms with van der Waals surface area (Å²) in [5.41, 5.74) is 10.1. The Balaban J connectivity index is 0.000000382. The summed E-state index contributed by atoms with van der Waals surface area (Å²) in [7, 11) is 0. The van der Waals surface area contributed by atoms with Gasteiger partial charge in [-0.1, -0.05) is 70.6 Å². The first-order valence-electron chi connectivity index (χ1n) is 18.7. The number of nitrogens with zero attached hydrogens (tertiary/aromatic N) is 2. The van der Waals surface area contributed by atoms with E-state index in [4.69, 9.17) is 11.5 Å². The number of carbonyl (C=O) groups excluding carboxylic acids is 5. The van der Waals surface area contributed by atoms with Gasteiger partial charge in [0.15, 0.2) is 0 Å². The van der Waals surface area contributed by atoms with Crippen molar-refractivity contribution in [3.05, 3.63) is 0 Å². The van der Waals surface area contributed by atoms with Gasteiger partial charge < -0.3 is 26.6 Å². The second kappa shape index (κ2) is 28.6. The number of primary amides is 2. The lowest BCUT2D eigenvalue weighted by molar-refractivity contribution is -0.132. The summed E-state index contributed by atoms with van der Waals surface area (Å²) in [4.78, 5) is 59.6. The smallest absolute Gasteiger partial charge is 0.222 e. The molecule has 3 aliphatic rings. The number of unbranched alkanes of at least 4 members (excludes halogenated alkanes) is 8. The highest BCUT2D eigenvalue weighted by Crippen LogP contribution is 2.15. The van der Waals surface area contributed by atoms with E-state index in [0.29, 0.717) is 25.2 Å². The van der Waals surface area contributed by atoms with Crippen LogP contribution in [0.15, 0.2) is 0 Å². The topological polar surface area (TPSA) is 156 Å². The maximum atomic E-state index is 12.1. The third kappa shape index (κ3) is 24.6. The molecule has 5 N–H and O–H groups in total. The zero-order valence-corrected chi connectivity index (χ0v) is 29.0. The highest BCUT2D eigenvalue weighted by atomic mass is 16.2. The Morgan fingerprint density at radius 2 is 0.826 bits per heavy atom. The van der Waals surface area contributed by atoms with Gasteiger partial charge >= 0.3 is 0 Å². The van der Waals surface area contributed by atoms with Gasteiger partial charge in [0.05, 0.1) is 0 Å². The van der Waals surface area contributed by atoms with Crippen LogP contribution in [0, 0.1) is 0 Å². The maximum absolute atomic E-state index is 12.1. The van der Waals surface area contributed by atoms with E-state index in [1.807, 2.05) is 4.90 Å². The molecular weight excluding hydrogens is 582 g/mol. The van der Waals surface area contributed by atoms with Crippen LogP contribution < -0.4 is 16.8 Å². The number of rotatable bonds is 16. The molecule has 3 rings (SSSR count). The quantitative estimate of drug-likeness (QED) is 0.178. The lowest BCUT2D eigenvalue weighted by Gasteiger charge is -2.20. The second-order valence-electron chi connectivity index (χ2n) is 13.2. The highest BCUT2D eigenvalue weighted by Gasteiger charge is 2.15. The number of hydrogen-bond donors (Lipinski definition) is 3. The number of hydrogen-bond acceptors (Lipinski definition) is 5. The summed E-state index contributed by atoms with van der Waals surface area (Å²) in [6, 6.07) is 0. The first-order valence-corrected chi connectivity index (χ1v) is 18.7. The SMILES string of the molecule is NC(=O)CCCCC(=O)N1CCCCCC1.NC(=O)CCCCCCCCCCC(=O)N1CCCCCC1.O=C1CCCCCN1. The van der Waals surface area contributed by atoms with Crippen LogP contribution in [0.4, 0.5) is 0 Å². The van der Waals surface area contributed by atoms with E-state index in [2.05, 4.69) is 10.2 Å². The zero-order chi connectivity index (χ0) is 33.7. The Kier molecular flexibility index (Phi) is 25.7. The van der Waals surface area contributed by atoms with E-state index in [1.54, 1.807) is 0 Å². The summed E-state index contributed by atoms with van der Waals surface area (Å²) >= 11 is 0. The first-order chi connectivity index (χ1) is 22.3. The molecule has 0 spiro atoms. The number of nitrogens with two attached hydrogens (primary N) is 2. The van der Waals surface area contributed by atoms with Crippen LogP contribution in [0.5, 0.6) is 0 Å². The summed E-state index contributed by atoms with van der Waals surface area (Å²) in [5.74, 6) is 0.374. The van der Waals surface area contributed by atoms with Crippen LogP contribution in [0.1, 0.15) is 167 Å². The predicted molar refractivity (Wildman–Crippen MR) is 185 cm³/mol. The Hall–Kier alpha value is -2.65. The normalized spacial score (nSPS) is 17.1. The second-order valence-corrected chi connectivity index (χ2v) is 13.2. The van der Waals surface area contributed by atoms with Gasteiger partial charge in [-0.3, -0.25) is 24.0 Å². The summed E-state index contributed by atoms with van der Waals surface area (Å²) < 4.78 is 0. The molecule has 3 aliphatic heterocycles. The van der Waals surface area contributed by atoms with Gasteiger partial charge in [-0.2, -0.15) is 0 Å². The molecule has 0 radical (unpaired) electrons. The number of amides is 5. The number of nitrogens with one attached hydrogen (secondary N) is 1. The van der Waals surface area contributed by atoms with E-state index in [9.17, 15) is 24.0 Å². The Morgan fingerprint density at radius 3 is 1.26 bits per heavy atom. The fraction of sp³-hybridized carbons (Fsp3) is 0.861. The van der Waals surface area contributed by atoms with Crippen molar-refractivity contribution in [3.8, 4) is 0 Å². The van der Waals surface area contributed by atoms with Gasteiger partial charge in [0.1, 0.15) is 0 Å². The van der Waals surface area contributed by atoms with Crippen LogP contribution in [0.2, 0.25) is 0 Å². The molecule has 0 bridgehead atoms. The van der Waals surface area contributed by atoms with Crippen LogP contribution in [0.25, 0.3) is 0 Å². The maximum Gasteiger partial charge on any atom is 0.222 e. The predicted octanol–water partition coefficient (Wildman–Crippen LogP) is 5.89. The Morgan fingerprint density at radius 1 is 0.478 bits per heavy atom. The van der Waals surface area contributed by atoms with Gasteiger partial charge in [0.2, 0.25) is 29.5 Å². The molecule has 10 nitrogen and oxygen atoms in total. The minimum absolute atomic E-state index is 0.186. The van der Waals surface area contributed by atoms with Gasteiger partial charge in [-0.25, -0.2) is 0 Å². The molecule has 3 heterocycles. The molecule has 266 valence electrons. The van der Waals surface area contributed by atoms with Crippen LogP contribution in [-0.4, -0.2) is 72.1 Å².